The summed E-state index contributed by atoms with van der Waals surface area (Å²) in [6.45, 7) is 1.45. The molecule has 1 N–H and O–H groups in total. The largest absolute Gasteiger partial charge is 0.455 e. The zero-order valence-electron chi connectivity index (χ0n) is 12.0. The molecule has 0 saturated carbocycles. The van der Waals surface area contributed by atoms with Crippen LogP contribution in [0, 0.1) is 5.82 Å². The van der Waals surface area contributed by atoms with Crippen LogP contribution in [0.4, 0.5) is 4.39 Å². The van der Waals surface area contributed by atoms with E-state index in [9.17, 15) is 14.0 Å². The van der Waals surface area contributed by atoms with E-state index >= 15 is 0 Å². The predicted molar refractivity (Wildman–Crippen MR) is 81.9 cm³/mol. The van der Waals surface area contributed by atoms with Crippen molar-refractivity contribution in [3.05, 3.63) is 58.0 Å². The lowest BCUT2D eigenvalue weighted by Crippen LogP contribution is -2.31. The van der Waals surface area contributed by atoms with Gasteiger partial charge in [-0.05, 0) is 36.1 Å². The van der Waals surface area contributed by atoms with Gasteiger partial charge in [-0.1, -0.05) is 18.2 Å². The molecule has 0 aliphatic rings. The Bertz CT molecular complexity index is 625. The van der Waals surface area contributed by atoms with E-state index in [1.54, 1.807) is 19.1 Å². The van der Waals surface area contributed by atoms with Crippen LogP contribution in [0.2, 0.25) is 0 Å². The SMILES string of the molecule is C[C@H](NC(=O)COC(=O)Cc1cccs1)c1ccc(F)cc1. The van der Waals surface area contributed by atoms with Crippen molar-refractivity contribution in [2.45, 2.75) is 19.4 Å². The first-order valence-electron chi connectivity index (χ1n) is 6.77. The van der Waals surface area contributed by atoms with Gasteiger partial charge in [-0.2, -0.15) is 0 Å². The monoisotopic (exact) mass is 321 g/mol. The van der Waals surface area contributed by atoms with Crippen molar-refractivity contribution in [3.8, 4) is 0 Å². The number of nitrogens with one attached hydrogen (secondary N) is 1. The van der Waals surface area contributed by atoms with Crippen molar-refractivity contribution in [3.63, 3.8) is 0 Å². The first-order chi connectivity index (χ1) is 10.5. The Labute approximate surface area is 131 Å². The average molecular weight is 321 g/mol. The average Bonchev–Trinajstić information content (AvgIpc) is 2.98. The number of benzene rings is 1. The Morgan fingerprint density at radius 3 is 2.64 bits per heavy atom. The summed E-state index contributed by atoms with van der Waals surface area (Å²) in [5.74, 6) is -1.16. The minimum absolute atomic E-state index is 0.165. The molecule has 0 spiro atoms. The molecule has 2 aromatic rings. The summed E-state index contributed by atoms with van der Waals surface area (Å²) >= 11 is 1.46. The summed E-state index contributed by atoms with van der Waals surface area (Å²) in [7, 11) is 0. The van der Waals surface area contributed by atoms with Crippen molar-refractivity contribution in [1.29, 1.82) is 0 Å². The molecule has 0 aliphatic heterocycles. The highest BCUT2D eigenvalue weighted by Crippen LogP contribution is 2.13. The molecular formula is C16H16FNO3S. The number of hydrogen-bond acceptors (Lipinski definition) is 4. The number of amides is 1. The molecule has 1 heterocycles. The van der Waals surface area contributed by atoms with Gasteiger partial charge in [0.15, 0.2) is 6.61 Å². The van der Waals surface area contributed by atoms with Crippen LogP contribution in [0.1, 0.15) is 23.4 Å². The minimum Gasteiger partial charge on any atom is -0.455 e. The second-order valence-corrected chi connectivity index (χ2v) is 5.79. The Kier molecular flexibility index (Phi) is 5.66. The zero-order valence-corrected chi connectivity index (χ0v) is 12.9. The molecule has 0 bridgehead atoms. The standard InChI is InChI=1S/C16H16FNO3S/c1-11(12-4-6-13(17)7-5-12)18-15(19)10-21-16(20)9-14-3-2-8-22-14/h2-8,11H,9-10H2,1H3,(H,18,19)/t11-/m0/s1. The van der Waals surface area contributed by atoms with E-state index in [1.807, 2.05) is 17.5 Å². The fraction of sp³-hybridized carbons (Fsp3) is 0.250. The number of hydrogen-bond donors (Lipinski definition) is 1. The lowest BCUT2D eigenvalue weighted by atomic mass is 10.1. The van der Waals surface area contributed by atoms with Crippen LogP contribution in [-0.2, 0) is 20.7 Å². The summed E-state index contributed by atoms with van der Waals surface area (Å²) in [5, 5.41) is 4.57. The fourth-order valence-electron chi connectivity index (χ4n) is 1.87. The van der Waals surface area contributed by atoms with E-state index in [1.165, 1.54) is 23.5 Å². The molecule has 0 fully saturated rings. The summed E-state index contributed by atoms with van der Waals surface area (Å²) in [6, 6.07) is 9.26. The van der Waals surface area contributed by atoms with Gasteiger partial charge in [0.2, 0.25) is 0 Å². The molecule has 0 unspecified atom stereocenters. The second-order valence-electron chi connectivity index (χ2n) is 4.76. The molecule has 4 nitrogen and oxygen atoms in total. The van der Waals surface area contributed by atoms with Crippen LogP contribution >= 0.6 is 11.3 Å². The third kappa shape index (κ3) is 4.96. The van der Waals surface area contributed by atoms with Crippen LogP contribution in [0.15, 0.2) is 41.8 Å². The third-order valence-electron chi connectivity index (χ3n) is 3.01. The zero-order chi connectivity index (χ0) is 15.9. The van der Waals surface area contributed by atoms with Crippen molar-refractivity contribution < 1.29 is 18.7 Å². The second kappa shape index (κ2) is 7.70. The molecule has 0 aliphatic carbocycles. The number of carbonyl (C=O) groups is 2. The third-order valence-corrected chi connectivity index (χ3v) is 3.89. The highest BCUT2D eigenvalue weighted by atomic mass is 32.1. The van der Waals surface area contributed by atoms with Gasteiger partial charge < -0.3 is 10.1 Å². The summed E-state index contributed by atoms with van der Waals surface area (Å²) in [4.78, 5) is 24.2. The van der Waals surface area contributed by atoms with Gasteiger partial charge >= 0.3 is 5.97 Å². The minimum atomic E-state index is -0.438. The Hall–Kier alpha value is -2.21. The molecule has 2 rings (SSSR count). The van der Waals surface area contributed by atoms with Crippen LogP contribution in [-0.4, -0.2) is 18.5 Å². The van der Waals surface area contributed by atoms with Crippen molar-refractivity contribution >= 4 is 23.2 Å². The lowest BCUT2D eigenvalue weighted by molar-refractivity contribution is -0.148. The van der Waals surface area contributed by atoms with Crippen molar-refractivity contribution in [1.82, 2.24) is 5.32 Å². The van der Waals surface area contributed by atoms with Gasteiger partial charge in [-0.3, -0.25) is 9.59 Å². The highest BCUT2D eigenvalue weighted by Gasteiger charge is 2.12. The number of rotatable bonds is 6. The summed E-state index contributed by atoms with van der Waals surface area (Å²) < 4.78 is 17.8. The number of thiophene rings is 1. The molecule has 1 aromatic heterocycles. The maximum Gasteiger partial charge on any atom is 0.311 e. The lowest BCUT2D eigenvalue weighted by Gasteiger charge is -2.14. The first kappa shape index (κ1) is 16.2. The smallest absolute Gasteiger partial charge is 0.311 e. The molecule has 116 valence electrons. The quantitative estimate of drug-likeness (QED) is 0.832. The number of halogens is 1. The fourth-order valence-corrected chi connectivity index (χ4v) is 2.56. The van der Waals surface area contributed by atoms with Crippen LogP contribution in [0.3, 0.4) is 0 Å². The van der Waals surface area contributed by atoms with Crippen molar-refractivity contribution in [2.24, 2.45) is 0 Å². The van der Waals surface area contributed by atoms with E-state index in [0.717, 1.165) is 10.4 Å². The van der Waals surface area contributed by atoms with E-state index in [2.05, 4.69) is 5.32 Å². The maximum absolute atomic E-state index is 12.8. The molecule has 6 heteroatoms. The van der Waals surface area contributed by atoms with Crippen molar-refractivity contribution in [2.75, 3.05) is 6.61 Å². The van der Waals surface area contributed by atoms with Gasteiger partial charge in [0.1, 0.15) is 5.82 Å². The Morgan fingerprint density at radius 1 is 1.27 bits per heavy atom. The molecule has 1 aromatic carbocycles. The van der Waals surface area contributed by atoms with Gasteiger partial charge in [0.05, 0.1) is 12.5 Å². The normalized spacial score (nSPS) is 11.7. The van der Waals surface area contributed by atoms with Gasteiger partial charge in [-0.15, -0.1) is 11.3 Å². The summed E-state index contributed by atoms with van der Waals surface area (Å²) in [5.41, 5.74) is 0.777. The molecule has 1 atom stereocenters. The molecule has 0 saturated heterocycles. The van der Waals surface area contributed by atoms with E-state index in [0.29, 0.717) is 0 Å². The number of ether oxygens (including phenoxy) is 1. The van der Waals surface area contributed by atoms with E-state index < -0.39 is 11.9 Å². The number of carbonyl (C=O) groups excluding carboxylic acids is 2. The molecular weight excluding hydrogens is 305 g/mol. The number of esters is 1. The summed E-state index contributed by atoms with van der Waals surface area (Å²) in [6.07, 6.45) is 0.165. The Balaban J connectivity index is 1.75. The van der Waals surface area contributed by atoms with Gasteiger partial charge in [-0.25, -0.2) is 4.39 Å². The van der Waals surface area contributed by atoms with Crippen LogP contribution in [0.5, 0.6) is 0 Å². The van der Waals surface area contributed by atoms with Gasteiger partial charge in [0.25, 0.3) is 5.91 Å². The molecule has 0 radical (unpaired) electrons. The maximum atomic E-state index is 12.8. The first-order valence-corrected chi connectivity index (χ1v) is 7.65. The van der Waals surface area contributed by atoms with E-state index in [-0.39, 0.29) is 24.9 Å². The van der Waals surface area contributed by atoms with Crippen LogP contribution in [0.25, 0.3) is 0 Å². The van der Waals surface area contributed by atoms with E-state index in [4.69, 9.17) is 4.74 Å². The molecule has 1 amide bonds. The van der Waals surface area contributed by atoms with Crippen LogP contribution < -0.4 is 5.32 Å². The van der Waals surface area contributed by atoms with Gasteiger partial charge in [0, 0.05) is 4.88 Å². The predicted octanol–water partition coefficient (Wildman–Crippen LogP) is 2.85. The Morgan fingerprint density at radius 2 is 2.00 bits per heavy atom. The highest BCUT2D eigenvalue weighted by molar-refractivity contribution is 7.10. The topological polar surface area (TPSA) is 55.4 Å². The molecule has 22 heavy (non-hydrogen) atoms.